The van der Waals surface area contributed by atoms with E-state index in [4.69, 9.17) is 0 Å². The van der Waals surface area contributed by atoms with Crippen LogP contribution >= 0.6 is 24.4 Å². The number of benzene rings is 6. The smallest absolute Gasteiger partial charge is 0.358 e. The van der Waals surface area contributed by atoms with Crippen molar-refractivity contribution in [2.24, 2.45) is 47.3 Å². The Bertz CT molecular complexity index is 2730. The Balaban J connectivity index is 0.00000119. The molecule has 4 fully saturated rings. The van der Waals surface area contributed by atoms with Gasteiger partial charge >= 0.3 is 34.1 Å². The van der Waals surface area contributed by atoms with Gasteiger partial charge in [-0.05, 0) is 302 Å². The molecule has 0 aliphatic heterocycles. The molecule has 4 aliphatic rings. The summed E-state index contributed by atoms with van der Waals surface area (Å²) < 4.78 is 0. The van der Waals surface area contributed by atoms with Gasteiger partial charge in [0.25, 0.3) is 0 Å². The van der Waals surface area contributed by atoms with Crippen LogP contribution in [0.15, 0.2) is 109 Å². The first-order valence-corrected chi connectivity index (χ1v) is 39.0. The van der Waals surface area contributed by atoms with E-state index in [0.29, 0.717) is 0 Å². The number of aryl methyl sites for hydroxylation is 12. The van der Waals surface area contributed by atoms with Crippen molar-refractivity contribution in [3.8, 4) is 0 Å². The van der Waals surface area contributed by atoms with Crippen molar-refractivity contribution in [1.29, 1.82) is 0 Å². The third-order valence-corrected chi connectivity index (χ3v) is 30.4. The van der Waals surface area contributed by atoms with Gasteiger partial charge in [-0.3, -0.25) is 0 Å². The van der Waals surface area contributed by atoms with Crippen LogP contribution in [0.4, 0.5) is 0 Å². The van der Waals surface area contributed by atoms with Crippen LogP contribution in [0.2, 0.25) is 0 Å². The zero-order valence-electron chi connectivity index (χ0n) is 65.8. The fourth-order valence-corrected chi connectivity index (χ4v) is 25.7. The fraction of sp³-hybridized carbons (Fsp3) is 0.545. The summed E-state index contributed by atoms with van der Waals surface area (Å²) in [5, 5.41) is 9.44. The molecule has 8 unspecified atom stereocenters. The van der Waals surface area contributed by atoms with Crippen LogP contribution in [0.1, 0.15) is 199 Å². The Morgan fingerprint density at radius 1 is 0.326 bits per heavy atom. The predicted molar refractivity (Wildman–Crippen MR) is 432 cm³/mol. The molecule has 0 spiro atoms. The first-order chi connectivity index (χ1) is 42.1. The van der Waals surface area contributed by atoms with E-state index in [-0.39, 0.29) is 79.7 Å². The molecule has 4 saturated carbocycles. The van der Waals surface area contributed by atoms with E-state index < -0.39 is 0 Å². The zero-order valence-corrected chi connectivity index (χ0v) is 70.8. The molecule has 95 heavy (non-hydrogen) atoms. The van der Waals surface area contributed by atoms with Crippen molar-refractivity contribution >= 4 is 56.3 Å². The summed E-state index contributed by atoms with van der Waals surface area (Å²) in [6.07, 6.45) is 17.2. The molecular weight excluding hydrogens is 1290 g/mol. The molecule has 10 rings (SSSR count). The Hall–Kier alpha value is -2.43. The van der Waals surface area contributed by atoms with Gasteiger partial charge in [-0.1, -0.05) is 233 Å². The Labute approximate surface area is 615 Å². The van der Waals surface area contributed by atoms with Crippen molar-refractivity contribution < 1.29 is 34.1 Å². The first kappa shape index (κ1) is 92.6. The predicted octanol–water partition coefficient (Wildman–Crippen LogP) is 22.4. The Kier molecular flexibility index (Phi) is 42.9. The monoisotopic (exact) mass is 1430 g/mol. The van der Waals surface area contributed by atoms with Crippen LogP contribution in [0.3, 0.4) is 0 Å². The molecule has 6 aromatic carbocycles. The molecule has 4 aliphatic carbocycles. The van der Waals surface area contributed by atoms with Gasteiger partial charge in [0.05, 0.1) is 0 Å². The molecule has 0 heterocycles. The second kappa shape index (κ2) is 44.1. The van der Waals surface area contributed by atoms with E-state index in [0.717, 1.165) is 79.3 Å². The van der Waals surface area contributed by atoms with E-state index in [1.54, 1.807) is 21.2 Å². The Morgan fingerprint density at radius 2 is 0.526 bits per heavy atom. The Morgan fingerprint density at radius 3 is 0.705 bits per heavy atom. The third-order valence-electron chi connectivity index (χ3n) is 22.1. The molecular formula is C88H139Fe2N2P3. The summed E-state index contributed by atoms with van der Waals surface area (Å²) in [5.74, 6) is 7.27. The average molecular weight is 1430 g/mol. The maximum atomic E-state index is 2.55. The van der Waals surface area contributed by atoms with E-state index >= 15 is 0 Å². The molecule has 0 bridgehead atoms. The summed E-state index contributed by atoms with van der Waals surface area (Å²) in [6, 6.07) is 42.6. The molecule has 2 nitrogen and oxygen atoms in total. The van der Waals surface area contributed by atoms with Gasteiger partial charge in [-0.2, -0.15) is 0 Å². The quantitative estimate of drug-likeness (QED) is 0.0609. The third kappa shape index (κ3) is 25.5. The van der Waals surface area contributed by atoms with Crippen LogP contribution in [0, 0.1) is 160 Å². The standard InChI is InChI=1S/2C24H33P.C16H19P.2C10H21N.4CH3.2Fe/c2*1-16-10-9-15-22(16)21(6)25(23-17(2)11-7-12-18(23)3)24-19(4)13-8-14-20(24)5;1-11-5-12(2)8-15(7-11)17-16-9-13(3)6-14(4)10-16;2*1-8-6-5-7-10(8)9(2)11(3)4;;;;;;/h2*7-8,11-14,16,21-22H,9-10,15H2,1-6H3;5-10,17H,1-4H3;2*8-10H,5-7H2,1-4H3;4*1H3;;/q;;;;;4*-1;2*+2/t2*16?,21-,22?;;2*8?,9-,10?;;;;;;/m10.00....../s1. The van der Waals surface area contributed by atoms with Gasteiger partial charge in [0, 0.05) is 12.1 Å². The van der Waals surface area contributed by atoms with Crippen molar-refractivity contribution in [2.45, 2.75) is 239 Å². The van der Waals surface area contributed by atoms with Crippen LogP contribution in [0.5, 0.6) is 0 Å². The molecule has 0 N–H and O–H groups in total. The average Bonchev–Trinajstić information content (AvgIpc) is 1.58. The van der Waals surface area contributed by atoms with Gasteiger partial charge in [0.15, 0.2) is 0 Å². The second-order valence-electron chi connectivity index (χ2n) is 29.8. The molecule has 0 amide bonds. The number of hydrogen-bond acceptors (Lipinski definition) is 2. The van der Waals surface area contributed by atoms with Gasteiger partial charge in [-0.25, -0.2) is 0 Å². The van der Waals surface area contributed by atoms with E-state index in [9.17, 15) is 0 Å². The minimum absolute atomic E-state index is 0. The summed E-state index contributed by atoms with van der Waals surface area (Å²) in [4.78, 5) is 4.71. The van der Waals surface area contributed by atoms with E-state index in [1.165, 1.54) is 154 Å². The zero-order chi connectivity index (χ0) is 65.6. The topological polar surface area (TPSA) is 6.48 Å². The van der Waals surface area contributed by atoms with E-state index in [1.807, 2.05) is 0 Å². The number of rotatable bonds is 14. The van der Waals surface area contributed by atoms with Crippen molar-refractivity contribution in [3.63, 3.8) is 0 Å². The minimum atomic E-state index is -0.333. The molecule has 12 atom stereocenters. The summed E-state index contributed by atoms with van der Waals surface area (Å²) >= 11 is 0. The molecule has 7 heteroatoms. The molecule has 6 aromatic rings. The molecule has 532 valence electrons. The fourth-order valence-electron chi connectivity index (χ4n) is 16.8. The van der Waals surface area contributed by atoms with Crippen LogP contribution in [-0.4, -0.2) is 61.4 Å². The van der Waals surface area contributed by atoms with Crippen molar-refractivity contribution in [2.75, 3.05) is 28.2 Å². The van der Waals surface area contributed by atoms with Crippen LogP contribution in [-0.2, 0) is 34.1 Å². The van der Waals surface area contributed by atoms with Gasteiger partial charge < -0.3 is 39.5 Å². The summed E-state index contributed by atoms with van der Waals surface area (Å²) in [6.45, 7) is 46.8. The van der Waals surface area contributed by atoms with Crippen molar-refractivity contribution in [3.05, 3.63) is 206 Å². The van der Waals surface area contributed by atoms with Crippen LogP contribution < -0.4 is 31.8 Å². The van der Waals surface area contributed by atoms with Gasteiger partial charge in [0.2, 0.25) is 0 Å². The maximum absolute atomic E-state index is 2.55. The molecule has 0 radical (unpaired) electrons. The minimum Gasteiger partial charge on any atom is -0.358 e. The second-order valence-corrected chi connectivity index (χ2v) is 36.1. The van der Waals surface area contributed by atoms with Gasteiger partial charge in [0.1, 0.15) is 0 Å². The SMILES string of the molecule is CC1CCCC1[C@H](C)N(C)C.CC1CCCC1[C@H](C)N(C)C.Cc1cc(C)cc(Pc2cc(C)cc(C)c2)c1.Cc1cccc(C)c1P(c1c(C)cccc1C)[C@@H](C)C1CCCC1C.Cc1cccc(C)c1P(c1c(C)cccc1C)[C@H](C)C1CCCC1C.[CH3-].[CH3-].[CH3-].[CH3-].[Fe+2].[Fe+2]. The van der Waals surface area contributed by atoms with E-state index in [2.05, 4.69) is 286 Å². The molecule has 0 aromatic heterocycles. The largest absolute Gasteiger partial charge is 2.00 e. The number of nitrogens with zero attached hydrogens (tertiary/aromatic N) is 2. The summed E-state index contributed by atoms with van der Waals surface area (Å²) in [5.41, 5.74) is 18.7. The molecule has 0 saturated heterocycles. The summed E-state index contributed by atoms with van der Waals surface area (Å²) in [7, 11) is 8.86. The first-order valence-electron chi connectivity index (χ1n) is 35.2. The van der Waals surface area contributed by atoms with Crippen molar-refractivity contribution in [1.82, 2.24) is 9.80 Å². The number of hydrogen-bond donors (Lipinski definition) is 0. The van der Waals surface area contributed by atoms with Crippen LogP contribution in [0.25, 0.3) is 0 Å². The van der Waals surface area contributed by atoms with Gasteiger partial charge in [-0.15, -0.1) is 0 Å². The maximum Gasteiger partial charge on any atom is 2.00 e. The normalized spacial score (nSPS) is 21.3.